The van der Waals surface area contributed by atoms with Crippen LogP contribution in [-0.4, -0.2) is 56.9 Å². The topological polar surface area (TPSA) is 122 Å². The van der Waals surface area contributed by atoms with E-state index in [1.165, 1.54) is 16.4 Å². The van der Waals surface area contributed by atoms with Crippen molar-refractivity contribution < 1.29 is 27.5 Å². The van der Waals surface area contributed by atoms with Crippen molar-refractivity contribution in [1.82, 2.24) is 14.9 Å². The summed E-state index contributed by atoms with van der Waals surface area (Å²) in [6, 6.07) is 2.98. The van der Waals surface area contributed by atoms with Gasteiger partial charge in [-0.2, -0.15) is 4.31 Å². The first-order valence-corrected chi connectivity index (χ1v) is 11.0. The molecule has 1 rings (SSSR count). The van der Waals surface area contributed by atoms with Crippen LogP contribution in [0.5, 0.6) is 0 Å². The Bertz CT molecular complexity index is 840. The van der Waals surface area contributed by atoms with Crippen molar-refractivity contribution in [2.45, 2.75) is 38.5 Å². The molecule has 0 aromatic heterocycles. The number of carbonyl (C=O) groups excluding carboxylic acids is 3. The lowest BCUT2D eigenvalue weighted by atomic mass is 10.2. The Kier molecular flexibility index (Phi) is 10.1. The summed E-state index contributed by atoms with van der Waals surface area (Å²) in [7, 11) is -3.80. The third-order valence-corrected chi connectivity index (χ3v) is 6.28. The zero-order valence-electron chi connectivity index (χ0n) is 16.7. The van der Waals surface area contributed by atoms with E-state index in [1.54, 1.807) is 13.8 Å². The third-order valence-electron chi connectivity index (χ3n) is 3.90. The first-order valence-electron chi connectivity index (χ1n) is 9.21. The molecule has 0 spiro atoms. The number of nitrogens with zero attached hydrogens (tertiary/aromatic N) is 1. The Morgan fingerprint density at radius 3 is 2.38 bits per heavy atom. The second-order valence-corrected chi connectivity index (χ2v) is 8.31. The minimum atomic E-state index is -3.80. The monoisotopic (exact) mass is 447 g/mol. The molecular formula is C18H26ClN3O6S. The molecule has 1 aromatic carbocycles. The van der Waals surface area contributed by atoms with E-state index in [-0.39, 0.29) is 28.6 Å². The van der Waals surface area contributed by atoms with Crippen LogP contribution in [-0.2, 0) is 19.6 Å². The van der Waals surface area contributed by atoms with Gasteiger partial charge >= 0.3 is 12.0 Å². The molecule has 1 aromatic rings. The van der Waals surface area contributed by atoms with Crippen LogP contribution >= 0.6 is 11.6 Å². The van der Waals surface area contributed by atoms with Crippen LogP contribution in [0.4, 0.5) is 4.79 Å². The van der Waals surface area contributed by atoms with Gasteiger partial charge in [0.25, 0.3) is 5.91 Å². The molecule has 0 fully saturated rings. The lowest BCUT2D eigenvalue weighted by molar-refractivity contribution is -0.123. The van der Waals surface area contributed by atoms with Crippen LogP contribution in [0.1, 0.15) is 44.0 Å². The molecule has 29 heavy (non-hydrogen) atoms. The molecule has 11 heteroatoms. The Hall–Kier alpha value is -2.17. The van der Waals surface area contributed by atoms with E-state index < -0.39 is 34.5 Å². The van der Waals surface area contributed by atoms with Gasteiger partial charge < -0.3 is 10.1 Å². The Morgan fingerprint density at radius 1 is 1.14 bits per heavy atom. The maximum atomic E-state index is 12.6. The number of benzene rings is 1. The highest BCUT2D eigenvalue weighted by Gasteiger charge is 2.24. The summed E-state index contributed by atoms with van der Waals surface area (Å²) in [5.41, 5.74) is -0.194. The van der Waals surface area contributed by atoms with Gasteiger partial charge in [-0.05, 0) is 24.6 Å². The zero-order valence-corrected chi connectivity index (χ0v) is 18.2. The molecule has 0 aliphatic rings. The smallest absolute Gasteiger partial charge is 0.340 e. The summed E-state index contributed by atoms with van der Waals surface area (Å²) in [5.74, 6) is -1.80. The van der Waals surface area contributed by atoms with Crippen LogP contribution in [0.25, 0.3) is 0 Å². The highest BCUT2D eigenvalue weighted by Crippen LogP contribution is 2.23. The number of urea groups is 1. The second-order valence-electron chi connectivity index (χ2n) is 5.96. The summed E-state index contributed by atoms with van der Waals surface area (Å²) < 4.78 is 31.3. The maximum Gasteiger partial charge on any atom is 0.340 e. The first kappa shape index (κ1) is 24.9. The van der Waals surface area contributed by atoms with Crippen LogP contribution in [0.2, 0.25) is 5.02 Å². The van der Waals surface area contributed by atoms with Gasteiger partial charge in [0.2, 0.25) is 10.0 Å². The van der Waals surface area contributed by atoms with Crippen molar-refractivity contribution >= 4 is 39.5 Å². The number of hydrogen-bond acceptors (Lipinski definition) is 6. The molecule has 0 heterocycles. The van der Waals surface area contributed by atoms with Crippen molar-refractivity contribution in [3.05, 3.63) is 28.8 Å². The summed E-state index contributed by atoms with van der Waals surface area (Å²) in [6.45, 7) is 5.58. The summed E-state index contributed by atoms with van der Waals surface area (Å²) in [4.78, 5) is 35.4. The molecule has 162 valence electrons. The van der Waals surface area contributed by atoms with E-state index in [2.05, 4.69) is 5.32 Å². The normalized spacial score (nSPS) is 11.2. The van der Waals surface area contributed by atoms with Crippen molar-refractivity contribution in [1.29, 1.82) is 0 Å². The van der Waals surface area contributed by atoms with Gasteiger partial charge in [0.05, 0.1) is 15.5 Å². The number of hydrogen-bond donors (Lipinski definition) is 2. The molecule has 0 atom stereocenters. The number of ether oxygens (including phenoxy) is 1. The quantitative estimate of drug-likeness (QED) is 0.418. The minimum absolute atomic E-state index is 0.0220. The molecule has 0 bridgehead atoms. The van der Waals surface area contributed by atoms with E-state index in [1.807, 2.05) is 12.2 Å². The summed E-state index contributed by atoms with van der Waals surface area (Å²) >= 11 is 5.99. The van der Waals surface area contributed by atoms with Gasteiger partial charge in [0.15, 0.2) is 6.61 Å². The molecule has 0 saturated carbocycles. The summed E-state index contributed by atoms with van der Waals surface area (Å²) in [6.07, 6.45) is 1.65. The number of carbonyl (C=O) groups is 3. The van der Waals surface area contributed by atoms with Gasteiger partial charge in [-0.25, -0.2) is 18.0 Å². The first-order chi connectivity index (χ1) is 13.7. The van der Waals surface area contributed by atoms with Crippen LogP contribution in [0, 0.1) is 0 Å². The maximum absolute atomic E-state index is 12.6. The van der Waals surface area contributed by atoms with Gasteiger partial charge in [-0.3, -0.25) is 10.1 Å². The SMILES string of the molecule is CCCCNC(=O)NC(=O)COC(=O)c1cc(S(=O)(=O)N(CC)CC)ccc1Cl. The van der Waals surface area contributed by atoms with Crippen molar-refractivity contribution in [2.24, 2.45) is 0 Å². The van der Waals surface area contributed by atoms with Crippen LogP contribution < -0.4 is 10.6 Å². The predicted molar refractivity (Wildman–Crippen MR) is 108 cm³/mol. The van der Waals surface area contributed by atoms with Crippen molar-refractivity contribution in [3.63, 3.8) is 0 Å². The minimum Gasteiger partial charge on any atom is -0.452 e. The highest BCUT2D eigenvalue weighted by atomic mass is 35.5. The molecule has 0 aliphatic carbocycles. The fourth-order valence-corrected chi connectivity index (χ4v) is 4.01. The summed E-state index contributed by atoms with van der Waals surface area (Å²) in [5, 5.41) is 4.49. The largest absolute Gasteiger partial charge is 0.452 e. The lowest BCUT2D eigenvalue weighted by Gasteiger charge is -2.19. The molecule has 0 radical (unpaired) electrons. The Balaban J connectivity index is 2.80. The number of imide groups is 1. The van der Waals surface area contributed by atoms with E-state index in [9.17, 15) is 22.8 Å². The average molecular weight is 448 g/mol. The van der Waals surface area contributed by atoms with Crippen LogP contribution in [0.15, 0.2) is 23.1 Å². The van der Waals surface area contributed by atoms with E-state index >= 15 is 0 Å². The zero-order chi connectivity index (χ0) is 22.0. The van der Waals surface area contributed by atoms with Gasteiger partial charge in [-0.1, -0.05) is 38.8 Å². The second kappa shape index (κ2) is 11.7. The van der Waals surface area contributed by atoms with Gasteiger partial charge in [-0.15, -0.1) is 0 Å². The predicted octanol–water partition coefficient (Wildman–Crippen LogP) is 2.15. The average Bonchev–Trinajstić information content (AvgIpc) is 2.67. The van der Waals surface area contributed by atoms with Crippen LogP contribution in [0.3, 0.4) is 0 Å². The van der Waals surface area contributed by atoms with Crippen molar-refractivity contribution in [3.8, 4) is 0 Å². The number of halogens is 1. The number of amides is 3. The molecule has 2 N–H and O–H groups in total. The van der Waals surface area contributed by atoms with Crippen molar-refractivity contribution in [2.75, 3.05) is 26.2 Å². The molecule has 0 aliphatic heterocycles. The number of nitrogens with one attached hydrogen (secondary N) is 2. The fourth-order valence-electron chi connectivity index (χ4n) is 2.33. The Labute approximate surface area is 175 Å². The number of unbranched alkanes of at least 4 members (excludes halogenated alkanes) is 1. The highest BCUT2D eigenvalue weighted by molar-refractivity contribution is 7.89. The molecular weight excluding hydrogens is 422 g/mol. The molecule has 9 nitrogen and oxygen atoms in total. The molecule has 0 unspecified atom stereocenters. The van der Waals surface area contributed by atoms with E-state index in [0.29, 0.717) is 6.54 Å². The molecule has 3 amide bonds. The van der Waals surface area contributed by atoms with Gasteiger partial charge in [0.1, 0.15) is 0 Å². The number of esters is 1. The number of sulfonamides is 1. The fraction of sp³-hybridized carbons (Fsp3) is 0.500. The standard InChI is InChI=1S/C18H26ClN3O6S/c1-4-7-10-20-18(25)21-16(23)12-28-17(24)14-11-13(8-9-15(14)19)29(26,27)22(5-2)6-3/h8-9,11H,4-7,10,12H2,1-3H3,(H2,20,21,23,25). The lowest BCUT2D eigenvalue weighted by Crippen LogP contribution is -2.41. The third kappa shape index (κ3) is 7.30. The Morgan fingerprint density at radius 2 is 1.79 bits per heavy atom. The number of rotatable bonds is 10. The molecule has 0 saturated heterocycles. The van der Waals surface area contributed by atoms with Gasteiger partial charge in [0, 0.05) is 19.6 Å². The van der Waals surface area contributed by atoms with E-state index in [4.69, 9.17) is 16.3 Å². The van der Waals surface area contributed by atoms with E-state index in [0.717, 1.165) is 18.9 Å².